The van der Waals surface area contributed by atoms with Crippen molar-refractivity contribution in [2.75, 3.05) is 6.54 Å². The maximum Gasteiger partial charge on any atom is 0.113 e. The van der Waals surface area contributed by atoms with E-state index in [9.17, 15) is 0 Å². The third-order valence-corrected chi connectivity index (χ3v) is 3.33. The van der Waals surface area contributed by atoms with Crippen LogP contribution in [0.2, 0.25) is 0 Å². The van der Waals surface area contributed by atoms with Crippen LogP contribution >= 0.6 is 15.9 Å². The number of halogens is 1. The zero-order chi connectivity index (χ0) is 12.3. The van der Waals surface area contributed by atoms with Gasteiger partial charge in [0.25, 0.3) is 0 Å². The fourth-order valence-corrected chi connectivity index (χ4v) is 2.31. The Bertz CT molecular complexity index is 505. The molecule has 0 saturated carbocycles. The fraction of sp³-hybridized carbons (Fsp3) is 0.308. The van der Waals surface area contributed by atoms with Gasteiger partial charge in [-0.3, -0.25) is 0 Å². The monoisotopic (exact) mass is 293 g/mol. The van der Waals surface area contributed by atoms with Crippen molar-refractivity contribution in [3.8, 4) is 0 Å². The highest BCUT2D eigenvalue weighted by Gasteiger charge is 2.06. The molecule has 0 aliphatic heterocycles. The molecule has 90 valence electrons. The minimum absolute atomic E-state index is 0.663. The van der Waals surface area contributed by atoms with Gasteiger partial charge in [-0.1, -0.05) is 28.1 Å². The van der Waals surface area contributed by atoms with E-state index in [0.29, 0.717) is 6.54 Å². The van der Waals surface area contributed by atoms with Gasteiger partial charge in [-0.05, 0) is 24.2 Å². The van der Waals surface area contributed by atoms with Crippen molar-refractivity contribution < 1.29 is 0 Å². The number of nitrogens with zero attached hydrogens (tertiary/aromatic N) is 2. The maximum atomic E-state index is 5.56. The summed E-state index contributed by atoms with van der Waals surface area (Å²) in [7, 11) is 2.05. The second-order valence-corrected chi connectivity index (χ2v) is 4.99. The Morgan fingerprint density at radius 2 is 2.24 bits per heavy atom. The highest BCUT2D eigenvalue weighted by Crippen LogP contribution is 2.15. The predicted octanol–water partition coefficient (Wildman–Crippen LogP) is 2.27. The number of rotatable bonds is 4. The second kappa shape index (κ2) is 5.47. The first-order valence-electron chi connectivity index (χ1n) is 5.64. The minimum atomic E-state index is 0.663. The summed E-state index contributed by atoms with van der Waals surface area (Å²) in [4.78, 5) is 4.45. The van der Waals surface area contributed by atoms with Gasteiger partial charge in [0.15, 0.2) is 0 Å². The van der Waals surface area contributed by atoms with Gasteiger partial charge in [0.2, 0.25) is 0 Å². The number of aromatic nitrogens is 2. The van der Waals surface area contributed by atoms with Gasteiger partial charge in [-0.2, -0.15) is 0 Å². The van der Waals surface area contributed by atoms with Crippen molar-refractivity contribution in [1.29, 1.82) is 0 Å². The van der Waals surface area contributed by atoms with Crippen molar-refractivity contribution in [2.45, 2.75) is 12.8 Å². The topological polar surface area (TPSA) is 43.8 Å². The van der Waals surface area contributed by atoms with E-state index >= 15 is 0 Å². The van der Waals surface area contributed by atoms with Gasteiger partial charge in [-0.15, -0.1) is 0 Å². The van der Waals surface area contributed by atoms with Crippen molar-refractivity contribution in [3.63, 3.8) is 0 Å². The Morgan fingerprint density at radius 1 is 1.41 bits per heavy atom. The largest absolute Gasteiger partial charge is 0.335 e. The Labute approximate surface area is 110 Å². The van der Waals surface area contributed by atoms with Crippen molar-refractivity contribution >= 4 is 15.9 Å². The smallest absolute Gasteiger partial charge is 0.113 e. The molecule has 0 saturated heterocycles. The van der Waals surface area contributed by atoms with Crippen LogP contribution in [0, 0.1) is 0 Å². The molecule has 0 fully saturated rings. The highest BCUT2D eigenvalue weighted by atomic mass is 79.9. The first-order valence-corrected chi connectivity index (χ1v) is 6.44. The third kappa shape index (κ3) is 2.96. The molecule has 0 radical (unpaired) electrons. The Kier molecular flexibility index (Phi) is 3.97. The summed E-state index contributed by atoms with van der Waals surface area (Å²) in [6.07, 6.45) is 3.64. The SMILES string of the molecule is Cn1c(CCN)cnc1Cc1cccc(Br)c1. The molecule has 2 N–H and O–H groups in total. The number of hydrogen-bond donors (Lipinski definition) is 1. The van der Waals surface area contributed by atoms with Gasteiger partial charge in [0.05, 0.1) is 0 Å². The van der Waals surface area contributed by atoms with Gasteiger partial charge in [0.1, 0.15) is 5.82 Å². The van der Waals surface area contributed by atoms with Crippen LogP contribution in [-0.2, 0) is 19.9 Å². The van der Waals surface area contributed by atoms with E-state index in [1.54, 1.807) is 0 Å². The molecule has 0 atom stereocenters. The molecule has 17 heavy (non-hydrogen) atoms. The molecular weight excluding hydrogens is 278 g/mol. The number of hydrogen-bond acceptors (Lipinski definition) is 2. The number of imidazole rings is 1. The van der Waals surface area contributed by atoms with Crippen LogP contribution in [0.25, 0.3) is 0 Å². The van der Waals surface area contributed by atoms with Gasteiger partial charge in [0, 0.05) is 36.3 Å². The second-order valence-electron chi connectivity index (χ2n) is 4.07. The average molecular weight is 294 g/mol. The van der Waals surface area contributed by atoms with Gasteiger partial charge < -0.3 is 10.3 Å². The Morgan fingerprint density at radius 3 is 2.94 bits per heavy atom. The quantitative estimate of drug-likeness (QED) is 0.940. The van der Waals surface area contributed by atoms with Crippen LogP contribution in [0.1, 0.15) is 17.1 Å². The summed E-state index contributed by atoms with van der Waals surface area (Å²) in [5, 5.41) is 0. The lowest BCUT2D eigenvalue weighted by Gasteiger charge is -2.05. The molecule has 0 unspecified atom stereocenters. The van der Waals surface area contributed by atoms with Crippen LogP contribution in [-0.4, -0.2) is 16.1 Å². The summed E-state index contributed by atoms with van der Waals surface area (Å²) < 4.78 is 3.24. The lowest BCUT2D eigenvalue weighted by molar-refractivity contribution is 0.758. The molecule has 1 aromatic carbocycles. The van der Waals surface area contributed by atoms with Gasteiger partial charge >= 0.3 is 0 Å². The molecule has 0 aliphatic carbocycles. The Balaban J connectivity index is 2.19. The summed E-state index contributed by atoms with van der Waals surface area (Å²) in [6, 6.07) is 8.31. The molecule has 1 heterocycles. The predicted molar refractivity (Wildman–Crippen MR) is 72.9 cm³/mol. The zero-order valence-electron chi connectivity index (χ0n) is 9.86. The normalized spacial score (nSPS) is 10.8. The molecule has 0 bridgehead atoms. The minimum Gasteiger partial charge on any atom is -0.335 e. The van der Waals surface area contributed by atoms with Crippen LogP contribution < -0.4 is 5.73 Å². The van der Waals surface area contributed by atoms with Crippen LogP contribution in [0.4, 0.5) is 0 Å². The molecule has 2 rings (SSSR count). The summed E-state index contributed by atoms with van der Waals surface area (Å²) in [5.41, 5.74) is 8.01. The summed E-state index contributed by atoms with van der Waals surface area (Å²) in [5.74, 6) is 1.08. The first-order chi connectivity index (χ1) is 8.20. The number of benzene rings is 1. The van der Waals surface area contributed by atoms with Crippen molar-refractivity contribution in [2.24, 2.45) is 12.8 Å². The van der Waals surface area contributed by atoms with E-state index in [2.05, 4.69) is 37.6 Å². The van der Waals surface area contributed by atoms with E-state index in [4.69, 9.17) is 5.73 Å². The van der Waals surface area contributed by atoms with E-state index in [-0.39, 0.29) is 0 Å². The lowest BCUT2D eigenvalue weighted by Crippen LogP contribution is -2.08. The zero-order valence-corrected chi connectivity index (χ0v) is 11.4. The Hall–Kier alpha value is -1.13. The third-order valence-electron chi connectivity index (χ3n) is 2.83. The van der Waals surface area contributed by atoms with Crippen molar-refractivity contribution in [3.05, 3.63) is 52.0 Å². The van der Waals surface area contributed by atoms with E-state index in [1.807, 2.05) is 25.4 Å². The number of nitrogens with two attached hydrogens (primary N) is 1. The molecular formula is C13H16BrN3. The van der Waals surface area contributed by atoms with Crippen LogP contribution in [0.3, 0.4) is 0 Å². The fourth-order valence-electron chi connectivity index (χ4n) is 1.86. The molecule has 4 heteroatoms. The molecule has 1 aromatic heterocycles. The molecule has 0 spiro atoms. The molecule has 0 aliphatic rings. The first kappa shape index (κ1) is 12.3. The van der Waals surface area contributed by atoms with E-state index in [1.165, 1.54) is 11.3 Å². The van der Waals surface area contributed by atoms with E-state index < -0.39 is 0 Å². The molecule has 0 amide bonds. The highest BCUT2D eigenvalue weighted by molar-refractivity contribution is 9.10. The van der Waals surface area contributed by atoms with Gasteiger partial charge in [-0.25, -0.2) is 4.98 Å². The van der Waals surface area contributed by atoms with E-state index in [0.717, 1.165) is 23.1 Å². The van der Waals surface area contributed by atoms with Crippen molar-refractivity contribution in [1.82, 2.24) is 9.55 Å². The molecule has 3 nitrogen and oxygen atoms in total. The summed E-state index contributed by atoms with van der Waals surface area (Å²) >= 11 is 3.48. The van der Waals surface area contributed by atoms with Crippen LogP contribution in [0.5, 0.6) is 0 Å². The average Bonchev–Trinajstić information content (AvgIpc) is 2.62. The maximum absolute atomic E-state index is 5.56. The molecule has 2 aromatic rings. The van der Waals surface area contributed by atoms with Crippen LogP contribution in [0.15, 0.2) is 34.9 Å². The summed E-state index contributed by atoms with van der Waals surface area (Å²) in [6.45, 7) is 0.663. The standard InChI is InChI=1S/C13H16BrN3/c1-17-12(5-6-15)9-16-13(17)8-10-3-2-4-11(14)7-10/h2-4,7,9H,5-6,8,15H2,1H3. The lowest BCUT2D eigenvalue weighted by atomic mass is 10.1.